The van der Waals surface area contributed by atoms with Gasteiger partial charge in [-0.2, -0.15) is 98.5 Å². The molecule has 0 unspecified atom stereocenters. The second kappa shape index (κ2) is 20.0. The van der Waals surface area contributed by atoms with Crippen LogP contribution < -0.4 is 0 Å². The van der Waals surface area contributed by atoms with Crippen molar-refractivity contribution in [1.82, 2.24) is 0 Å². The first-order valence-electron chi connectivity index (χ1n) is 14.5. The molecule has 0 atom stereocenters. The molecule has 41 heavy (non-hydrogen) atoms. The fourth-order valence-electron chi connectivity index (χ4n) is 3.61. The summed E-state index contributed by atoms with van der Waals surface area (Å²) in [6.45, 7) is 32.8. The fraction of sp³-hybridized carbons (Fsp3) is 0.300. The Balaban J connectivity index is 0.000000516. The molecule has 0 aliphatic rings. The van der Waals surface area contributed by atoms with Crippen LogP contribution in [0.5, 0.6) is 0 Å². The van der Waals surface area contributed by atoms with Crippen molar-refractivity contribution < 1.29 is 21.7 Å². The van der Waals surface area contributed by atoms with Gasteiger partial charge in [-0.1, -0.05) is 77.6 Å². The van der Waals surface area contributed by atoms with Gasteiger partial charge in [-0.25, -0.2) is 0 Å². The zero-order chi connectivity index (χ0) is 30.2. The van der Waals surface area contributed by atoms with Crippen LogP contribution in [0.1, 0.15) is 124 Å². The van der Waals surface area contributed by atoms with Gasteiger partial charge in [0.15, 0.2) is 0 Å². The molecule has 0 spiro atoms. The van der Waals surface area contributed by atoms with Crippen LogP contribution in [-0.4, -0.2) is 0 Å². The summed E-state index contributed by atoms with van der Waals surface area (Å²) in [6.07, 6.45) is 0. The molecule has 0 radical (unpaired) electrons. The largest absolute Gasteiger partial charge is 4.00 e. The van der Waals surface area contributed by atoms with E-state index in [2.05, 4.69) is 180 Å². The molecule has 1 heteroatoms. The maximum atomic E-state index is 3.82. The van der Waals surface area contributed by atoms with Crippen molar-refractivity contribution in [2.45, 2.75) is 79.1 Å². The van der Waals surface area contributed by atoms with Crippen molar-refractivity contribution in [2.75, 3.05) is 0 Å². The first-order valence-corrected chi connectivity index (χ1v) is 14.5. The topological polar surface area (TPSA) is 0 Å². The average Bonchev–Trinajstić information content (AvgIpc) is 2.91. The molecular formula is C40H52Ti. The van der Waals surface area contributed by atoms with Gasteiger partial charge in [0.2, 0.25) is 0 Å². The van der Waals surface area contributed by atoms with Crippen LogP contribution in [0.15, 0.2) is 97.1 Å². The molecule has 4 aromatic rings. The van der Waals surface area contributed by atoms with Crippen LogP contribution in [0.3, 0.4) is 0 Å². The molecule has 0 aliphatic heterocycles. The minimum atomic E-state index is 0. The predicted molar refractivity (Wildman–Crippen MR) is 180 cm³/mol. The molecule has 216 valence electrons. The van der Waals surface area contributed by atoms with Gasteiger partial charge in [-0.05, 0) is 23.7 Å². The van der Waals surface area contributed by atoms with Gasteiger partial charge in [0.05, 0.1) is 0 Å². The standard InChI is InChI=1S/4C10H13.Ti/c4*1-8(2)10-6-4-9(3)5-7-10;/h4*4-8H,3H2,1-2H3;/q4*-1;+4. The Hall–Kier alpha value is -2.93. The minimum Gasteiger partial charge on any atom is -0.199 e. The van der Waals surface area contributed by atoms with E-state index in [1.165, 1.54) is 22.3 Å². The van der Waals surface area contributed by atoms with E-state index in [1.807, 2.05) is 0 Å². The van der Waals surface area contributed by atoms with E-state index in [-0.39, 0.29) is 21.7 Å². The Morgan fingerprint density at radius 2 is 0.415 bits per heavy atom. The van der Waals surface area contributed by atoms with Crippen molar-refractivity contribution in [3.05, 3.63) is 169 Å². The summed E-state index contributed by atoms with van der Waals surface area (Å²) < 4.78 is 0. The molecule has 0 aliphatic carbocycles. The van der Waals surface area contributed by atoms with Gasteiger partial charge in [-0.3, -0.25) is 0 Å². The molecule has 4 aromatic carbocycles. The second-order valence-electron chi connectivity index (χ2n) is 11.6. The predicted octanol–water partition coefficient (Wildman–Crippen LogP) is 12.0. The summed E-state index contributed by atoms with van der Waals surface area (Å²) in [5, 5.41) is 0. The van der Waals surface area contributed by atoms with Crippen LogP contribution in [-0.2, 0) is 21.7 Å². The van der Waals surface area contributed by atoms with Crippen molar-refractivity contribution >= 4 is 0 Å². The van der Waals surface area contributed by atoms with Crippen LogP contribution in [0.25, 0.3) is 0 Å². The van der Waals surface area contributed by atoms with E-state index in [1.54, 1.807) is 0 Å². The maximum Gasteiger partial charge on any atom is 4.00 e. The molecule has 0 bridgehead atoms. The third kappa shape index (κ3) is 16.2. The Kier molecular flexibility index (Phi) is 18.6. The van der Waals surface area contributed by atoms with Crippen molar-refractivity contribution in [1.29, 1.82) is 0 Å². The third-order valence-electron chi connectivity index (χ3n) is 6.59. The maximum absolute atomic E-state index is 3.82. The average molecular weight is 581 g/mol. The van der Waals surface area contributed by atoms with Gasteiger partial charge in [0.25, 0.3) is 0 Å². The molecule has 0 fully saturated rings. The quantitative estimate of drug-likeness (QED) is 0.166. The molecule has 0 saturated heterocycles. The van der Waals surface area contributed by atoms with E-state index in [0.717, 1.165) is 22.3 Å². The van der Waals surface area contributed by atoms with Crippen LogP contribution in [0, 0.1) is 27.7 Å². The smallest absolute Gasteiger partial charge is 0.199 e. The number of benzene rings is 4. The Labute approximate surface area is 268 Å². The van der Waals surface area contributed by atoms with Gasteiger partial charge in [-0.15, -0.1) is 48.5 Å². The third-order valence-corrected chi connectivity index (χ3v) is 6.59. The van der Waals surface area contributed by atoms with Crippen molar-refractivity contribution in [3.63, 3.8) is 0 Å². The molecule has 4 rings (SSSR count). The molecule has 0 heterocycles. The summed E-state index contributed by atoms with van der Waals surface area (Å²) in [7, 11) is 0. The molecule has 0 N–H and O–H groups in total. The first kappa shape index (κ1) is 38.1. The van der Waals surface area contributed by atoms with Crippen molar-refractivity contribution in [2.24, 2.45) is 0 Å². The summed E-state index contributed by atoms with van der Waals surface area (Å²) >= 11 is 0. The molecule has 0 aromatic heterocycles. The molecular weight excluding hydrogens is 528 g/mol. The van der Waals surface area contributed by atoms with Gasteiger partial charge in [0, 0.05) is 0 Å². The zero-order valence-corrected chi connectivity index (χ0v) is 28.4. The van der Waals surface area contributed by atoms with Gasteiger partial charge < -0.3 is 0 Å². The molecule has 0 amide bonds. The van der Waals surface area contributed by atoms with Crippen molar-refractivity contribution in [3.8, 4) is 0 Å². The number of hydrogen-bond acceptors (Lipinski definition) is 0. The SMILES string of the molecule is [CH2-]c1ccc(C(C)C)cc1.[CH2-]c1ccc(C(C)C)cc1.[CH2-]c1ccc(C(C)C)cc1.[CH2-]c1ccc(C(C)C)cc1.[Ti+4]. The van der Waals surface area contributed by atoms with Crippen LogP contribution >= 0.6 is 0 Å². The van der Waals surface area contributed by atoms with Crippen LogP contribution in [0.4, 0.5) is 0 Å². The van der Waals surface area contributed by atoms with E-state index < -0.39 is 0 Å². The van der Waals surface area contributed by atoms with E-state index in [0.29, 0.717) is 23.7 Å². The Morgan fingerprint density at radius 3 is 0.512 bits per heavy atom. The van der Waals surface area contributed by atoms with E-state index >= 15 is 0 Å². The summed E-state index contributed by atoms with van der Waals surface area (Å²) in [6, 6.07) is 33.5. The molecule has 0 saturated carbocycles. The van der Waals surface area contributed by atoms with Gasteiger partial charge >= 0.3 is 21.7 Å². The summed E-state index contributed by atoms with van der Waals surface area (Å²) in [5.41, 5.74) is 9.88. The second-order valence-corrected chi connectivity index (χ2v) is 11.6. The van der Waals surface area contributed by atoms with Gasteiger partial charge in [0.1, 0.15) is 0 Å². The first-order chi connectivity index (χ1) is 18.8. The number of rotatable bonds is 4. The molecule has 0 nitrogen and oxygen atoms in total. The monoisotopic (exact) mass is 580 g/mol. The van der Waals surface area contributed by atoms with Crippen LogP contribution in [0.2, 0.25) is 0 Å². The zero-order valence-electron chi connectivity index (χ0n) is 26.9. The van der Waals surface area contributed by atoms with E-state index in [4.69, 9.17) is 0 Å². The normalized spacial score (nSPS) is 10.0. The Bertz CT molecular complexity index is 980. The Morgan fingerprint density at radius 1 is 0.293 bits per heavy atom. The summed E-state index contributed by atoms with van der Waals surface area (Å²) in [4.78, 5) is 0. The fourth-order valence-corrected chi connectivity index (χ4v) is 3.61. The number of hydrogen-bond donors (Lipinski definition) is 0. The minimum absolute atomic E-state index is 0. The summed E-state index contributed by atoms with van der Waals surface area (Å²) in [5.74, 6) is 2.50. The van der Waals surface area contributed by atoms with E-state index in [9.17, 15) is 0 Å².